The van der Waals surface area contributed by atoms with Crippen molar-refractivity contribution in [2.75, 3.05) is 13.1 Å². The van der Waals surface area contributed by atoms with E-state index in [0.717, 1.165) is 11.1 Å². The molecule has 0 fully saturated rings. The van der Waals surface area contributed by atoms with Gasteiger partial charge < -0.3 is 4.90 Å². The molecule has 0 saturated heterocycles. The molecule has 0 N–H and O–H groups in total. The maximum atomic E-state index is 13.5. The monoisotopic (exact) mass is 351 g/mol. The van der Waals surface area contributed by atoms with Gasteiger partial charge in [-0.05, 0) is 35.4 Å². The Hall–Kier alpha value is -3.02. The van der Waals surface area contributed by atoms with E-state index in [1.54, 1.807) is 21.6 Å². The first-order chi connectivity index (χ1) is 12.5. The van der Waals surface area contributed by atoms with Gasteiger partial charge in [0.05, 0.1) is 10.9 Å². The van der Waals surface area contributed by atoms with E-state index in [1.165, 1.54) is 19.1 Å². The third kappa shape index (κ3) is 2.87. The van der Waals surface area contributed by atoms with Gasteiger partial charge in [-0.3, -0.25) is 14.2 Å². The number of halogens is 1. The second-order valence-electron chi connectivity index (χ2n) is 6.48. The Morgan fingerprint density at radius 1 is 1.08 bits per heavy atom. The molecular weight excluding hydrogens is 333 g/mol. The number of hydrogen-bond acceptors (Lipinski definition) is 3. The SMILES string of the molecule is CC(=O)N1CCc2nc3cc(-c4cccc(F)c4)ccc3c(=O)n2CC1. The number of amides is 1. The number of carbonyl (C=O) groups excluding carboxylic acids is 1. The van der Waals surface area contributed by atoms with Crippen LogP contribution >= 0.6 is 0 Å². The lowest BCUT2D eigenvalue weighted by atomic mass is 10.0. The summed E-state index contributed by atoms with van der Waals surface area (Å²) in [7, 11) is 0. The fraction of sp³-hybridized carbons (Fsp3) is 0.250. The molecular formula is C20H18FN3O2. The zero-order chi connectivity index (χ0) is 18.3. The molecule has 4 rings (SSSR count). The normalized spacial score (nSPS) is 14.2. The van der Waals surface area contributed by atoms with Gasteiger partial charge in [0.25, 0.3) is 5.56 Å². The maximum absolute atomic E-state index is 13.5. The summed E-state index contributed by atoms with van der Waals surface area (Å²) in [6.07, 6.45) is 0.537. The highest BCUT2D eigenvalue weighted by Gasteiger charge is 2.19. The van der Waals surface area contributed by atoms with Crippen molar-refractivity contribution in [3.8, 4) is 11.1 Å². The second-order valence-corrected chi connectivity index (χ2v) is 6.48. The topological polar surface area (TPSA) is 55.2 Å². The van der Waals surface area contributed by atoms with Gasteiger partial charge in [-0.15, -0.1) is 0 Å². The van der Waals surface area contributed by atoms with Crippen LogP contribution in [0.4, 0.5) is 4.39 Å². The summed E-state index contributed by atoms with van der Waals surface area (Å²) in [6, 6.07) is 11.7. The predicted octanol–water partition coefficient (Wildman–Crippen LogP) is 2.61. The van der Waals surface area contributed by atoms with Crippen molar-refractivity contribution >= 4 is 16.8 Å². The predicted molar refractivity (Wildman–Crippen MR) is 97.4 cm³/mol. The summed E-state index contributed by atoms with van der Waals surface area (Å²) in [5, 5.41) is 0.533. The number of benzene rings is 2. The Bertz CT molecular complexity index is 1070. The molecule has 6 heteroatoms. The largest absolute Gasteiger partial charge is 0.341 e. The van der Waals surface area contributed by atoms with Crippen molar-refractivity contribution in [2.45, 2.75) is 19.9 Å². The third-order valence-electron chi connectivity index (χ3n) is 4.84. The first-order valence-corrected chi connectivity index (χ1v) is 8.58. The standard InChI is InChI=1S/C20H18FN3O2/c1-13(25)23-8-7-19-22-18-12-15(14-3-2-4-16(21)11-14)5-6-17(18)20(26)24(19)10-9-23/h2-6,11-12H,7-10H2,1H3. The van der Waals surface area contributed by atoms with Gasteiger partial charge in [-0.1, -0.05) is 18.2 Å². The second kappa shape index (κ2) is 6.37. The number of nitrogens with zero attached hydrogens (tertiary/aromatic N) is 3. The minimum atomic E-state index is -0.304. The maximum Gasteiger partial charge on any atom is 0.261 e. The molecule has 3 aromatic rings. The van der Waals surface area contributed by atoms with Crippen LogP contribution in [-0.4, -0.2) is 33.4 Å². The van der Waals surface area contributed by atoms with E-state index >= 15 is 0 Å². The van der Waals surface area contributed by atoms with Gasteiger partial charge in [-0.25, -0.2) is 9.37 Å². The van der Waals surface area contributed by atoms with Gasteiger partial charge in [-0.2, -0.15) is 0 Å². The lowest BCUT2D eigenvalue weighted by molar-refractivity contribution is -0.128. The van der Waals surface area contributed by atoms with Crippen LogP contribution in [0, 0.1) is 5.82 Å². The van der Waals surface area contributed by atoms with Crippen molar-refractivity contribution in [1.82, 2.24) is 14.5 Å². The van der Waals surface area contributed by atoms with Crippen LogP contribution in [0.5, 0.6) is 0 Å². The fourth-order valence-electron chi connectivity index (χ4n) is 3.42. The van der Waals surface area contributed by atoms with E-state index in [9.17, 15) is 14.0 Å². The van der Waals surface area contributed by atoms with Crippen LogP contribution in [0.1, 0.15) is 12.7 Å². The number of aromatic nitrogens is 2. The molecule has 2 aromatic carbocycles. The zero-order valence-corrected chi connectivity index (χ0v) is 14.4. The van der Waals surface area contributed by atoms with Crippen LogP contribution in [0.2, 0.25) is 0 Å². The highest BCUT2D eigenvalue weighted by Crippen LogP contribution is 2.23. The number of carbonyl (C=O) groups is 1. The minimum Gasteiger partial charge on any atom is -0.341 e. The third-order valence-corrected chi connectivity index (χ3v) is 4.84. The summed E-state index contributed by atoms with van der Waals surface area (Å²) in [5.41, 5.74) is 2.06. The first kappa shape index (κ1) is 16.4. The molecule has 0 saturated carbocycles. The van der Waals surface area contributed by atoms with Gasteiger partial charge in [0.15, 0.2) is 0 Å². The van der Waals surface area contributed by atoms with Gasteiger partial charge >= 0.3 is 0 Å². The van der Waals surface area contributed by atoms with E-state index < -0.39 is 0 Å². The Morgan fingerprint density at radius 2 is 1.88 bits per heavy atom. The highest BCUT2D eigenvalue weighted by atomic mass is 19.1. The zero-order valence-electron chi connectivity index (χ0n) is 14.4. The smallest absolute Gasteiger partial charge is 0.261 e. The Morgan fingerprint density at radius 3 is 2.65 bits per heavy atom. The molecule has 0 atom stereocenters. The number of fused-ring (bicyclic) bond motifs is 2. The van der Waals surface area contributed by atoms with Crippen LogP contribution in [0.3, 0.4) is 0 Å². The quantitative estimate of drug-likeness (QED) is 0.677. The molecule has 1 aliphatic heterocycles. The van der Waals surface area contributed by atoms with Crippen LogP contribution in [0.25, 0.3) is 22.0 Å². The van der Waals surface area contributed by atoms with E-state index in [4.69, 9.17) is 0 Å². The van der Waals surface area contributed by atoms with Crippen LogP contribution < -0.4 is 5.56 Å². The molecule has 0 spiro atoms. The molecule has 0 bridgehead atoms. The molecule has 2 heterocycles. The van der Waals surface area contributed by atoms with Crippen molar-refractivity contribution < 1.29 is 9.18 Å². The number of hydrogen-bond donors (Lipinski definition) is 0. The molecule has 1 aromatic heterocycles. The lowest BCUT2D eigenvalue weighted by Crippen LogP contribution is -2.32. The van der Waals surface area contributed by atoms with Gasteiger partial charge in [0, 0.05) is 33.0 Å². The fourth-order valence-corrected chi connectivity index (χ4v) is 3.42. The van der Waals surface area contributed by atoms with E-state index in [0.29, 0.717) is 42.8 Å². The Labute approximate surface area is 149 Å². The minimum absolute atomic E-state index is 0.00352. The summed E-state index contributed by atoms with van der Waals surface area (Å²) < 4.78 is 15.2. The summed E-state index contributed by atoms with van der Waals surface area (Å²) in [6.45, 7) is 3.05. The average Bonchev–Trinajstić information content (AvgIpc) is 2.84. The molecule has 1 aliphatic rings. The summed E-state index contributed by atoms with van der Waals surface area (Å²) in [4.78, 5) is 30.9. The van der Waals surface area contributed by atoms with Gasteiger partial charge in [0.2, 0.25) is 5.91 Å². The van der Waals surface area contributed by atoms with Crippen LogP contribution in [-0.2, 0) is 17.8 Å². The molecule has 132 valence electrons. The first-order valence-electron chi connectivity index (χ1n) is 8.58. The van der Waals surface area contributed by atoms with Crippen molar-refractivity contribution in [3.05, 3.63) is 64.5 Å². The average molecular weight is 351 g/mol. The van der Waals surface area contributed by atoms with Crippen molar-refractivity contribution in [1.29, 1.82) is 0 Å². The highest BCUT2D eigenvalue weighted by molar-refractivity contribution is 5.83. The van der Waals surface area contributed by atoms with Crippen LogP contribution in [0.15, 0.2) is 47.3 Å². The molecule has 1 amide bonds. The van der Waals surface area contributed by atoms with E-state index in [1.807, 2.05) is 18.2 Å². The molecule has 5 nitrogen and oxygen atoms in total. The molecule has 0 radical (unpaired) electrons. The van der Waals surface area contributed by atoms with E-state index in [2.05, 4.69) is 4.98 Å². The molecule has 0 unspecified atom stereocenters. The summed E-state index contributed by atoms with van der Waals surface area (Å²) >= 11 is 0. The Kier molecular flexibility index (Phi) is 4.03. The molecule has 0 aliphatic carbocycles. The van der Waals surface area contributed by atoms with Gasteiger partial charge in [0.1, 0.15) is 11.6 Å². The molecule has 26 heavy (non-hydrogen) atoms. The summed E-state index contributed by atoms with van der Waals surface area (Å²) in [5.74, 6) is 0.383. The van der Waals surface area contributed by atoms with E-state index in [-0.39, 0.29) is 17.3 Å². The Balaban J connectivity index is 1.81. The lowest BCUT2D eigenvalue weighted by Gasteiger charge is -2.16. The number of rotatable bonds is 1. The van der Waals surface area contributed by atoms with Crippen molar-refractivity contribution in [3.63, 3.8) is 0 Å². The van der Waals surface area contributed by atoms with Crippen molar-refractivity contribution in [2.24, 2.45) is 0 Å².